The van der Waals surface area contributed by atoms with Crippen molar-refractivity contribution in [3.8, 4) is 0 Å². The van der Waals surface area contributed by atoms with Crippen LogP contribution in [0.4, 0.5) is 10.8 Å². The summed E-state index contributed by atoms with van der Waals surface area (Å²) in [6.45, 7) is 1.98. The van der Waals surface area contributed by atoms with Crippen LogP contribution in [0.25, 0.3) is 0 Å². The summed E-state index contributed by atoms with van der Waals surface area (Å²) in [6, 6.07) is 1.86. The van der Waals surface area contributed by atoms with E-state index in [1.807, 2.05) is 6.92 Å². The number of hydrogen-bond acceptors (Lipinski definition) is 6. The Morgan fingerprint density at radius 1 is 1.64 bits per heavy atom. The number of nitrogens with one attached hydrogen (secondary N) is 2. The number of nitrogens with zero attached hydrogens (tertiary/aromatic N) is 3. The van der Waals surface area contributed by atoms with Gasteiger partial charge in [0.15, 0.2) is 0 Å². The summed E-state index contributed by atoms with van der Waals surface area (Å²) in [5, 5.41) is 10.7. The molecule has 0 fully saturated rings. The van der Waals surface area contributed by atoms with E-state index < -0.39 is 0 Å². The number of nitrogen functional groups attached to an aromatic ring is 1. The molecular formula is C7H10N6S. The predicted molar refractivity (Wildman–Crippen MR) is 54.9 cm³/mol. The van der Waals surface area contributed by atoms with Gasteiger partial charge in [0.05, 0.1) is 6.04 Å². The molecule has 2 heterocycles. The maximum absolute atomic E-state index is 5.50. The third kappa shape index (κ3) is 1.82. The minimum absolute atomic E-state index is 0.0670. The fourth-order valence-corrected chi connectivity index (χ4v) is 1.72. The molecule has 0 amide bonds. The Morgan fingerprint density at radius 2 is 2.50 bits per heavy atom. The van der Waals surface area contributed by atoms with Crippen molar-refractivity contribution in [1.29, 1.82) is 0 Å². The SMILES string of the molecule is CC(Nc1cc(N)ns1)c1ncn[nH]1. The van der Waals surface area contributed by atoms with Gasteiger partial charge < -0.3 is 11.1 Å². The van der Waals surface area contributed by atoms with Crippen LogP contribution in [0.5, 0.6) is 0 Å². The van der Waals surface area contributed by atoms with Gasteiger partial charge in [0.1, 0.15) is 23.0 Å². The lowest BCUT2D eigenvalue weighted by atomic mass is 10.3. The number of aromatic amines is 1. The van der Waals surface area contributed by atoms with E-state index in [2.05, 4.69) is 24.9 Å². The summed E-state index contributed by atoms with van der Waals surface area (Å²) in [7, 11) is 0. The van der Waals surface area contributed by atoms with Gasteiger partial charge in [-0.05, 0) is 18.5 Å². The third-order valence-electron chi connectivity index (χ3n) is 1.73. The molecule has 74 valence electrons. The number of hydrogen-bond donors (Lipinski definition) is 3. The van der Waals surface area contributed by atoms with Gasteiger partial charge in [0.25, 0.3) is 0 Å². The van der Waals surface area contributed by atoms with Crippen molar-refractivity contribution in [2.24, 2.45) is 0 Å². The summed E-state index contributed by atoms with van der Waals surface area (Å²) < 4.78 is 3.96. The molecule has 1 atom stereocenters. The molecule has 0 aliphatic rings. The molecule has 0 saturated carbocycles. The van der Waals surface area contributed by atoms with Crippen molar-refractivity contribution in [1.82, 2.24) is 19.6 Å². The van der Waals surface area contributed by atoms with E-state index in [0.29, 0.717) is 5.82 Å². The van der Waals surface area contributed by atoms with Gasteiger partial charge in [-0.15, -0.1) is 0 Å². The van der Waals surface area contributed by atoms with Crippen LogP contribution in [-0.4, -0.2) is 19.6 Å². The number of H-pyrrole nitrogens is 1. The lowest BCUT2D eigenvalue weighted by Gasteiger charge is -2.08. The van der Waals surface area contributed by atoms with Crippen LogP contribution >= 0.6 is 11.5 Å². The minimum Gasteiger partial charge on any atom is -0.383 e. The Kier molecular flexibility index (Phi) is 2.32. The highest BCUT2D eigenvalue weighted by Crippen LogP contribution is 2.22. The average Bonchev–Trinajstić information content (AvgIpc) is 2.75. The first-order valence-corrected chi connectivity index (χ1v) is 4.87. The first kappa shape index (κ1) is 8.95. The fourth-order valence-electron chi connectivity index (χ4n) is 1.06. The van der Waals surface area contributed by atoms with Crippen LogP contribution in [0.3, 0.4) is 0 Å². The van der Waals surface area contributed by atoms with Gasteiger partial charge in [0.2, 0.25) is 0 Å². The summed E-state index contributed by atoms with van der Waals surface area (Å²) in [5.74, 6) is 1.32. The molecule has 0 aromatic carbocycles. The van der Waals surface area contributed by atoms with Gasteiger partial charge in [0, 0.05) is 6.07 Å². The normalized spacial score (nSPS) is 12.6. The number of rotatable bonds is 3. The fraction of sp³-hybridized carbons (Fsp3) is 0.286. The second-order valence-electron chi connectivity index (χ2n) is 2.85. The number of aromatic nitrogens is 4. The molecule has 0 saturated heterocycles. The van der Waals surface area contributed by atoms with Gasteiger partial charge in [-0.25, -0.2) is 4.98 Å². The highest BCUT2D eigenvalue weighted by molar-refractivity contribution is 7.10. The maximum atomic E-state index is 5.50. The molecule has 2 aromatic heterocycles. The molecule has 0 spiro atoms. The summed E-state index contributed by atoms with van der Waals surface area (Å²) in [4.78, 5) is 4.04. The van der Waals surface area contributed by atoms with E-state index in [4.69, 9.17) is 5.73 Å². The molecule has 0 bridgehead atoms. The molecular weight excluding hydrogens is 200 g/mol. The Hall–Kier alpha value is -1.63. The van der Waals surface area contributed by atoms with Gasteiger partial charge in [-0.1, -0.05) is 0 Å². The summed E-state index contributed by atoms with van der Waals surface area (Å²) in [6.07, 6.45) is 1.48. The van der Waals surface area contributed by atoms with E-state index >= 15 is 0 Å². The molecule has 0 radical (unpaired) electrons. The molecule has 1 unspecified atom stereocenters. The van der Waals surface area contributed by atoms with Crippen LogP contribution < -0.4 is 11.1 Å². The minimum atomic E-state index is 0.0670. The average molecular weight is 210 g/mol. The zero-order valence-corrected chi connectivity index (χ0v) is 8.38. The van der Waals surface area contributed by atoms with Crippen LogP contribution in [0, 0.1) is 0 Å². The van der Waals surface area contributed by atoms with Crippen LogP contribution in [-0.2, 0) is 0 Å². The zero-order chi connectivity index (χ0) is 9.97. The molecule has 2 aromatic rings. The topological polar surface area (TPSA) is 92.5 Å². The Labute approximate surface area is 84.7 Å². The quantitative estimate of drug-likeness (QED) is 0.703. The Bertz CT molecular complexity index is 394. The smallest absolute Gasteiger partial charge is 0.146 e. The predicted octanol–water partition coefficient (Wildman–Crippen LogP) is 1.02. The van der Waals surface area contributed by atoms with E-state index in [-0.39, 0.29) is 6.04 Å². The second kappa shape index (κ2) is 3.62. The van der Waals surface area contributed by atoms with Crippen molar-refractivity contribution >= 4 is 22.4 Å². The summed E-state index contributed by atoms with van der Waals surface area (Å²) >= 11 is 1.33. The lowest BCUT2D eigenvalue weighted by Crippen LogP contribution is -2.07. The molecule has 14 heavy (non-hydrogen) atoms. The molecule has 0 aliphatic carbocycles. The van der Waals surface area contributed by atoms with Gasteiger partial charge >= 0.3 is 0 Å². The molecule has 0 aliphatic heterocycles. The van der Waals surface area contributed by atoms with Crippen LogP contribution in [0.1, 0.15) is 18.8 Å². The van der Waals surface area contributed by atoms with Crippen LogP contribution in [0.15, 0.2) is 12.4 Å². The van der Waals surface area contributed by atoms with Crippen molar-refractivity contribution in [2.45, 2.75) is 13.0 Å². The molecule has 7 heteroatoms. The van der Waals surface area contributed by atoms with E-state index in [1.165, 1.54) is 17.9 Å². The first-order chi connectivity index (χ1) is 6.75. The maximum Gasteiger partial charge on any atom is 0.146 e. The molecule has 6 nitrogen and oxygen atoms in total. The number of anilines is 2. The summed E-state index contributed by atoms with van der Waals surface area (Å²) in [5.41, 5.74) is 5.50. The van der Waals surface area contributed by atoms with E-state index in [9.17, 15) is 0 Å². The molecule has 2 rings (SSSR count). The van der Waals surface area contributed by atoms with Gasteiger partial charge in [-0.3, -0.25) is 5.10 Å². The van der Waals surface area contributed by atoms with Crippen molar-refractivity contribution in [3.63, 3.8) is 0 Å². The zero-order valence-electron chi connectivity index (χ0n) is 7.56. The number of nitrogens with two attached hydrogens (primary N) is 1. The molecule has 4 N–H and O–H groups in total. The first-order valence-electron chi connectivity index (χ1n) is 4.09. The highest BCUT2D eigenvalue weighted by atomic mass is 32.1. The van der Waals surface area contributed by atoms with Crippen molar-refractivity contribution in [3.05, 3.63) is 18.2 Å². The lowest BCUT2D eigenvalue weighted by molar-refractivity contribution is 0.798. The highest BCUT2D eigenvalue weighted by Gasteiger charge is 2.09. The van der Waals surface area contributed by atoms with Crippen LogP contribution in [0.2, 0.25) is 0 Å². The second-order valence-corrected chi connectivity index (χ2v) is 3.66. The van der Waals surface area contributed by atoms with E-state index in [1.54, 1.807) is 6.07 Å². The van der Waals surface area contributed by atoms with E-state index in [0.717, 1.165) is 10.8 Å². The monoisotopic (exact) mass is 210 g/mol. The standard InChI is InChI=1S/C7H10N6S/c1-4(7-9-3-10-12-7)11-6-2-5(8)13-14-6/h2-4,11H,1H3,(H2,8,13)(H,9,10,12). The Balaban J connectivity index is 2.05. The van der Waals surface area contributed by atoms with Gasteiger partial charge in [-0.2, -0.15) is 9.47 Å². The van der Waals surface area contributed by atoms with Crippen molar-refractivity contribution in [2.75, 3.05) is 11.1 Å². The largest absolute Gasteiger partial charge is 0.383 e. The van der Waals surface area contributed by atoms with Crippen molar-refractivity contribution < 1.29 is 0 Å². The Morgan fingerprint density at radius 3 is 3.07 bits per heavy atom. The third-order valence-corrected chi connectivity index (χ3v) is 2.47.